The molecule has 5 heteroatoms. The molecule has 0 aliphatic carbocycles. The lowest BCUT2D eigenvalue weighted by molar-refractivity contribution is -0.145. The lowest BCUT2D eigenvalue weighted by Crippen LogP contribution is -2.39. The van der Waals surface area contributed by atoms with E-state index in [9.17, 15) is 9.59 Å². The van der Waals surface area contributed by atoms with Gasteiger partial charge in [0.2, 0.25) is 0 Å². The van der Waals surface area contributed by atoms with E-state index in [-0.39, 0.29) is 0 Å². The minimum atomic E-state index is -1.14. The second-order valence-electron chi connectivity index (χ2n) is 4.12. The fourth-order valence-electron chi connectivity index (χ4n) is 1.69. The molecule has 3 N–H and O–H groups in total. The van der Waals surface area contributed by atoms with E-state index in [0.717, 1.165) is 11.1 Å². The highest BCUT2D eigenvalue weighted by Crippen LogP contribution is 2.07. The van der Waals surface area contributed by atoms with Gasteiger partial charge in [0.1, 0.15) is 6.04 Å². The zero-order valence-corrected chi connectivity index (χ0v) is 10.2. The molecule has 0 aliphatic rings. The molecule has 1 aromatic rings. The van der Waals surface area contributed by atoms with Gasteiger partial charge in [-0.05, 0) is 31.0 Å². The number of nitrogens with one attached hydrogen (secondary N) is 1. The highest BCUT2D eigenvalue weighted by molar-refractivity contribution is 5.80. The Labute approximate surface area is 105 Å². The average molecular weight is 251 g/mol. The molecule has 18 heavy (non-hydrogen) atoms. The first kappa shape index (κ1) is 14.2. The molecule has 1 aromatic carbocycles. The van der Waals surface area contributed by atoms with E-state index in [1.807, 2.05) is 31.2 Å². The molecule has 0 bridgehead atoms. The maximum atomic E-state index is 10.8. The van der Waals surface area contributed by atoms with Crippen LogP contribution in [-0.4, -0.2) is 34.7 Å². The van der Waals surface area contributed by atoms with Crippen molar-refractivity contribution in [2.75, 3.05) is 6.54 Å². The number of aryl methyl sites for hydroxylation is 1. The van der Waals surface area contributed by atoms with Gasteiger partial charge in [0.15, 0.2) is 0 Å². The van der Waals surface area contributed by atoms with Gasteiger partial charge in [0.25, 0.3) is 0 Å². The first-order valence-electron chi connectivity index (χ1n) is 5.73. The highest BCUT2D eigenvalue weighted by Gasteiger charge is 2.19. The topological polar surface area (TPSA) is 86.6 Å². The normalized spacial score (nSPS) is 12.1. The summed E-state index contributed by atoms with van der Waals surface area (Å²) in [5.74, 6) is -2.26. The summed E-state index contributed by atoms with van der Waals surface area (Å²) in [4.78, 5) is 21.3. The predicted octanol–water partition coefficient (Wildman–Crippen LogP) is 1.06. The summed E-state index contributed by atoms with van der Waals surface area (Å²) in [5.41, 5.74) is 2.27. The Balaban J connectivity index is 2.46. The van der Waals surface area contributed by atoms with Crippen LogP contribution in [0, 0.1) is 6.92 Å². The van der Waals surface area contributed by atoms with Gasteiger partial charge in [-0.15, -0.1) is 0 Å². The number of hydrogen-bond donors (Lipinski definition) is 3. The molecular weight excluding hydrogens is 234 g/mol. The summed E-state index contributed by atoms with van der Waals surface area (Å²) < 4.78 is 0. The number of carbonyl (C=O) groups is 2. The minimum Gasteiger partial charge on any atom is -0.481 e. The van der Waals surface area contributed by atoms with Crippen molar-refractivity contribution in [1.82, 2.24) is 5.32 Å². The first-order valence-corrected chi connectivity index (χ1v) is 5.73. The summed E-state index contributed by atoms with van der Waals surface area (Å²) in [6, 6.07) is 6.79. The van der Waals surface area contributed by atoms with E-state index < -0.39 is 24.4 Å². The molecule has 0 radical (unpaired) electrons. The van der Waals surface area contributed by atoms with Gasteiger partial charge in [0, 0.05) is 0 Å². The molecule has 0 aliphatic heterocycles. The van der Waals surface area contributed by atoms with Crippen LogP contribution < -0.4 is 5.32 Å². The zero-order valence-electron chi connectivity index (χ0n) is 10.2. The molecule has 0 fully saturated rings. The first-order chi connectivity index (χ1) is 8.50. The number of carboxylic acid groups (broad SMARTS) is 2. The van der Waals surface area contributed by atoms with Gasteiger partial charge < -0.3 is 15.5 Å². The summed E-state index contributed by atoms with van der Waals surface area (Å²) in [6.07, 6.45) is 0.263. The highest BCUT2D eigenvalue weighted by atomic mass is 16.4. The number of hydrogen-bond acceptors (Lipinski definition) is 3. The maximum absolute atomic E-state index is 10.8. The van der Waals surface area contributed by atoms with Crippen molar-refractivity contribution < 1.29 is 19.8 Å². The monoisotopic (exact) mass is 251 g/mol. The van der Waals surface area contributed by atoms with Crippen molar-refractivity contribution in [2.45, 2.75) is 25.8 Å². The largest absolute Gasteiger partial charge is 0.481 e. The van der Waals surface area contributed by atoms with E-state index in [1.165, 1.54) is 0 Å². The van der Waals surface area contributed by atoms with E-state index in [2.05, 4.69) is 5.32 Å². The molecule has 0 amide bonds. The Bertz CT molecular complexity index is 431. The Morgan fingerprint density at radius 3 is 2.50 bits per heavy atom. The van der Waals surface area contributed by atoms with Gasteiger partial charge in [-0.1, -0.05) is 24.3 Å². The van der Waals surface area contributed by atoms with Crippen LogP contribution in [0.3, 0.4) is 0 Å². The van der Waals surface area contributed by atoms with Crippen molar-refractivity contribution in [3.63, 3.8) is 0 Å². The third-order valence-electron chi connectivity index (χ3n) is 2.72. The molecule has 98 valence electrons. The van der Waals surface area contributed by atoms with Crippen molar-refractivity contribution in [2.24, 2.45) is 0 Å². The van der Waals surface area contributed by atoms with Crippen LogP contribution in [0.25, 0.3) is 0 Å². The summed E-state index contributed by atoms with van der Waals surface area (Å²) in [5, 5.41) is 20.2. The van der Waals surface area contributed by atoms with Gasteiger partial charge in [-0.25, -0.2) is 0 Å². The molecule has 0 saturated heterocycles. The lowest BCUT2D eigenvalue weighted by atomic mass is 10.1. The van der Waals surface area contributed by atoms with Crippen molar-refractivity contribution in [1.29, 1.82) is 0 Å². The Morgan fingerprint density at radius 2 is 1.94 bits per heavy atom. The maximum Gasteiger partial charge on any atom is 0.321 e. The molecule has 1 atom stereocenters. The van der Waals surface area contributed by atoms with Gasteiger partial charge >= 0.3 is 11.9 Å². The standard InChI is InChI=1S/C13H17NO4/c1-9-4-2-3-5-10(9)6-7-14-11(13(17)18)8-12(15)16/h2-5,11,14H,6-8H2,1H3,(H,15,16)(H,17,18). The zero-order chi connectivity index (χ0) is 13.5. The minimum absolute atomic E-state index is 0.414. The number of rotatable bonds is 7. The summed E-state index contributed by atoms with van der Waals surface area (Å²) >= 11 is 0. The van der Waals surface area contributed by atoms with Crippen LogP contribution in [0.5, 0.6) is 0 Å². The van der Waals surface area contributed by atoms with Gasteiger partial charge in [-0.2, -0.15) is 0 Å². The molecule has 5 nitrogen and oxygen atoms in total. The second kappa shape index (κ2) is 6.76. The van der Waals surface area contributed by atoms with Crippen LogP contribution in [0.1, 0.15) is 17.5 Å². The van der Waals surface area contributed by atoms with Gasteiger partial charge in [0.05, 0.1) is 6.42 Å². The fraction of sp³-hybridized carbons (Fsp3) is 0.385. The number of carboxylic acids is 2. The van der Waals surface area contributed by atoms with E-state index in [4.69, 9.17) is 10.2 Å². The van der Waals surface area contributed by atoms with Crippen molar-refractivity contribution in [3.05, 3.63) is 35.4 Å². The molecule has 0 aromatic heterocycles. The predicted molar refractivity (Wildman–Crippen MR) is 66.6 cm³/mol. The summed E-state index contributed by atoms with van der Waals surface area (Å²) in [6.45, 7) is 2.43. The fourth-order valence-corrected chi connectivity index (χ4v) is 1.69. The van der Waals surface area contributed by atoms with E-state index >= 15 is 0 Å². The van der Waals surface area contributed by atoms with E-state index in [0.29, 0.717) is 13.0 Å². The number of aliphatic carboxylic acids is 2. The Kier molecular flexibility index (Phi) is 5.32. The lowest BCUT2D eigenvalue weighted by Gasteiger charge is -2.12. The van der Waals surface area contributed by atoms with E-state index in [1.54, 1.807) is 0 Å². The second-order valence-corrected chi connectivity index (χ2v) is 4.12. The van der Waals surface area contributed by atoms with Crippen LogP contribution in [0.4, 0.5) is 0 Å². The molecular formula is C13H17NO4. The average Bonchev–Trinajstić information content (AvgIpc) is 2.29. The van der Waals surface area contributed by atoms with Crippen LogP contribution >= 0.6 is 0 Å². The molecule has 1 unspecified atom stereocenters. The third kappa shape index (κ3) is 4.55. The van der Waals surface area contributed by atoms with Gasteiger partial charge in [-0.3, -0.25) is 9.59 Å². The van der Waals surface area contributed by atoms with Crippen molar-refractivity contribution in [3.8, 4) is 0 Å². The van der Waals surface area contributed by atoms with Crippen LogP contribution in [-0.2, 0) is 16.0 Å². The third-order valence-corrected chi connectivity index (χ3v) is 2.72. The quantitative estimate of drug-likeness (QED) is 0.674. The van der Waals surface area contributed by atoms with Crippen LogP contribution in [0.2, 0.25) is 0 Å². The van der Waals surface area contributed by atoms with Crippen molar-refractivity contribution >= 4 is 11.9 Å². The smallest absolute Gasteiger partial charge is 0.321 e. The molecule has 1 rings (SSSR count). The molecule has 0 heterocycles. The Morgan fingerprint density at radius 1 is 1.28 bits per heavy atom. The molecule has 0 saturated carbocycles. The SMILES string of the molecule is Cc1ccccc1CCNC(CC(=O)O)C(=O)O. The number of benzene rings is 1. The summed E-state index contributed by atoms with van der Waals surface area (Å²) in [7, 11) is 0. The van der Waals surface area contributed by atoms with Crippen LogP contribution in [0.15, 0.2) is 24.3 Å². The molecule has 0 spiro atoms. The Hall–Kier alpha value is -1.88.